The molecule has 4 aromatic rings. The Balaban J connectivity index is 1.45. The van der Waals surface area contributed by atoms with Crippen molar-refractivity contribution in [3.05, 3.63) is 54.2 Å². The predicted octanol–water partition coefficient (Wildman–Crippen LogP) is 3.24. The summed E-state index contributed by atoms with van der Waals surface area (Å²) >= 11 is 0. The average molecular weight is 481 g/mol. The van der Waals surface area contributed by atoms with E-state index in [4.69, 9.17) is 14.2 Å². The molecule has 0 aliphatic carbocycles. The second kappa shape index (κ2) is 9.45. The van der Waals surface area contributed by atoms with Crippen LogP contribution in [0.3, 0.4) is 0 Å². The van der Waals surface area contributed by atoms with E-state index in [0.717, 1.165) is 0 Å². The van der Waals surface area contributed by atoms with Gasteiger partial charge in [0.15, 0.2) is 0 Å². The van der Waals surface area contributed by atoms with Crippen LogP contribution in [0.4, 0.5) is 16.0 Å². The summed E-state index contributed by atoms with van der Waals surface area (Å²) in [4.78, 5) is 17.6. The highest BCUT2D eigenvalue weighted by Crippen LogP contribution is 2.36. The Bertz CT molecular complexity index is 1360. The minimum atomic E-state index is -0.796. The number of aromatic nitrogens is 4. The topological polar surface area (TPSA) is 118 Å². The highest BCUT2D eigenvalue weighted by molar-refractivity contribution is 5.97. The van der Waals surface area contributed by atoms with Crippen LogP contribution in [-0.2, 0) is 4.74 Å². The van der Waals surface area contributed by atoms with Crippen LogP contribution in [-0.4, -0.2) is 70.5 Å². The number of anilines is 2. The van der Waals surface area contributed by atoms with Crippen molar-refractivity contribution in [1.29, 1.82) is 0 Å². The molecule has 35 heavy (non-hydrogen) atoms. The van der Waals surface area contributed by atoms with Crippen molar-refractivity contribution in [2.24, 2.45) is 0 Å². The fraction of sp³-hybridized carbons (Fsp3) is 0.292. The monoisotopic (exact) mass is 480 g/mol. The van der Waals surface area contributed by atoms with Gasteiger partial charge in [0, 0.05) is 24.0 Å². The van der Waals surface area contributed by atoms with E-state index in [1.807, 2.05) is 18.0 Å². The molecule has 11 heteroatoms. The van der Waals surface area contributed by atoms with E-state index in [-0.39, 0.29) is 12.0 Å². The molecular weight excluding hydrogens is 455 g/mol. The number of nitrogens with one attached hydrogen (secondary N) is 2. The number of H-pyrrole nitrogens is 1. The lowest BCUT2D eigenvalue weighted by Crippen LogP contribution is -2.48. The Morgan fingerprint density at radius 3 is 2.71 bits per heavy atom. The van der Waals surface area contributed by atoms with Crippen LogP contribution in [0.1, 0.15) is 11.8 Å². The first-order valence-corrected chi connectivity index (χ1v) is 11.0. The van der Waals surface area contributed by atoms with Gasteiger partial charge in [0.25, 0.3) is 0 Å². The van der Waals surface area contributed by atoms with Crippen molar-refractivity contribution in [1.82, 2.24) is 24.8 Å². The number of methoxy groups -OCH3 is 2. The van der Waals surface area contributed by atoms with Gasteiger partial charge in [-0.15, -0.1) is 0 Å². The Morgan fingerprint density at radius 1 is 1.20 bits per heavy atom. The second-order valence-corrected chi connectivity index (χ2v) is 8.16. The van der Waals surface area contributed by atoms with Gasteiger partial charge in [-0.3, -0.25) is 4.90 Å². The molecule has 0 bridgehead atoms. The standard InChI is InChI=1S/C24H25FN6O4/c1-31(15-11-35-12-15)23(32)14-4-5-17(18(8-14)33-2)28-24-29-21-20(22(30-24)34-3)16(10-27-21)13-6-7-26-19(25)9-13/h4-10,15,23,32H,11-12H2,1-3H3,(H2,27,28,29,30). The molecule has 1 aliphatic rings. The molecule has 1 unspecified atom stereocenters. The maximum Gasteiger partial charge on any atom is 0.232 e. The molecule has 0 radical (unpaired) electrons. The van der Waals surface area contributed by atoms with Crippen molar-refractivity contribution in [2.75, 3.05) is 39.8 Å². The number of benzene rings is 1. The quantitative estimate of drug-likeness (QED) is 0.258. The number of hydrogen-bond donors (Lipinski definition) is 3. The first-order valence-electron chi connectivity index (χ1n) is 11.0. The van der Waals surface area contributed by atoms with Crippen LogP contribution >= 0.6 is 0 Å². The number of nitrogens with zero attached hydrogens (tertiary/aromatic N) is 4. The number of aliphatic hydroxyl groups excluding tert-OH is 1. The molecule has 4 heterocycles. The van der Waals surface area contributed by atoms with Gasteiger partial charge >= 0.3 is 0 Å². The zero-order valence-corrected chi connectivity index (χ0v) is 19.4. The third kappa shape index (κ3) is 4.36. The van der Waals surface area contributed by atoms with Crippen LogP contribution in [0.2, 0.25) is 0 Å². The molecule has 1 fully saturated rings. The summed E-state index contributed by atoms with van der Waals surface area (Å²) in [5.74, 6) is 0.533. The van der Waals surface area contributed by atoms with Crippen molar-refractivity contribution < 1.29 is 23.7 Å². The molecule has 1 saturated heterocycles. The van der Waals surface area contributed by atoms with Gasteiger partial charge in [-0.05, 0) is 36.4 Å². The normalized spacial score (nSPS) is 14.7. The predicted molar refractivity (Wildman–Crippen MR) is 127 cm³/mol. The first kappa shape index (κ1) is 23.0. The van der Waals surface area contributed by atoms with Crippen molar-refractivity contribution in [3.63, 3.8) is 0 Å². The van der Waals surface area contributed by atoms with Gasteiger partial charge in [0.2, 0.25) is 17.8 Å². The summed E-state index contributed by atoms with van der Waals surface area (Å²) in [5, 5.41) is 14.5. The maximum absolute atomic E-state index is 13.7. The molecule has 182 valence electrons. The third-order valence-corrected chi connectivity index (χ3v) is 6.08. The molecular formula is C24H25FN6O4. The number of aromatic amines is 1. The van der Waals surface area contributed by atoms with E-state index in [9.17, 15) is 9.50 Å². The Labute approximate surface area is 200 Å². The van der Waals surface area contributed by atoms with Crippen LogP contribution in [0.15, 0.2) is 42.7 Å². The zero-order chi connectivity index (χ0) is 24.5. The van der Waals surface area contributed by atoms with Crippen LogP contribution in [0.25, 0.3) is 22.2 Å². The van der Waals surface area contributed by atoms with E-state index >= 15 is 0 Å². The van der Waals surface area contributed by atoms with Gasteiger partial charge in [-0.2, -0.15) is 14.4 Å². The minimum Gasteiger partial charge on any atom is -0.495 e. The smallest absolute Gasteiger partial charge is 0.232 e. The van der Waals surface area contributed by atoms with E-state index in [0.29, 0.717) is 58.3 Å². The van der Waals surface area contributed by atoms with Crippen LogP contribution in [0.5, 0.6) is 11.6 Å². The molecule has 1 atom stereocenters. The second-order valence-electron chi connectivity index (χ2n) is 8.16. The highest BCUT2D eigenvalue weighted by atomic mass is 19.1. The Hall–Kier alpha value is -3.80. The molecule has 0 saturated carbocycles. The highest BCUT2D eigenvalue weighted by Gasteiger charge is 2.28. The summed E-state index contributed by atoms with van der Waals surface area (Å²) in [6.07, 6.45) is 2.33. The number of hydrogen-bond acceptors (Lipinski definition) is 9. The lowest BCUT2D eigenvalue weighted by molar-refractivity contribution is -0.114. The van der Waals surface area contributed by atoms with Crippen molar-refractivity contribution in [3.8, 4) is 22.8 Å². The Morgan fingerprint density at radius 2 is 2.03 bits per heavy atom. The Kier molecular flexibility index (Phi) is 6.20. The SMILES string of the molecule is COc1cc(C(O)N(C)C2COC2)ccc1Nc1nc(OC)c2c(-c3ccnc(F)c3)c[nH]c2n1. The van der Waals surface area contributed by atoms with E-state index in [2.05, 4.69) is 25.3 Å². The average Bonchev–Trinajstić information content (AvgIpc) is 3.26. The van der Waals surface area contributed by atoms with Gasteiger partial charge in [0.1, 0.15) is 17.6 Å². The number of likely N-dealkylation sites (N-methyl/N-ethyl adjacent to an activating group) is 1. The number of pyridine rings is 1. The summed E-state index contributed by atoms with van der Waals surface area (Å²) in [6.45, 7) is 1.20. The summed E-state index contributed by atoms with van der Waals surface area (Å²) in [7, 11) is 4.92. The van der Waals surface area contributed by atoms with Crippen molar-refractivity contribution in [2.45, 2.75) is 12.3 Å². The first-order chi connectivity index (χ1) is 17.0. The largest absolute Gasteiger partial charge is 0.495 e. The summed E-state index contributed by atoms with van der Waals surface area (Å²) < 4.78 is 30.0. The van der Waals surface area contributed by atoms with Crippen LogP contribution < -0.4 is 14.8 Å². The molecule has 1 aromatic carbocycles. The van der Waals surface area contributed by atoms with Gasteiger partial charge in [-0.25, -0.2) is 4.98 Å². The van der Waals surface area contributed by atoms with E-state index in [1.54, 1.807) is 31.5 Å². The van der Waals surface area contributed by atoms with E-state index in [1.165, 1.54) is 19.4 Å². The summed E-state index contributed by atoms with van der Waals surface area (Å²) in [5.41, 5.74) is 3.14. The molecule has 1 aliphatic heterocycles. The lowest BCUT2D eigenvalue weighted by atomic mass is 10.1. The number of halogens is 1. The number of fused-ring (bicyclic) bond motifs is 1. The number of aliphatic hydroxyl groups is 1. The minimum absolute atomic E-state index is 0.177. The summed E-state index contributed by atoms with van der Waals surface area (Å²) in [6, 6.07) is 8.59. The van der Waals surface area contributed by atoms with Gasteiger partial charge in [-0.1, -0.05) is 6.07 Å². The number of rotatable bonds is 8. The molecule has 3 N–H and O–H groups in total. The molecule has 0 spiro atoms. The molecule has 5 rings (SSSR count). The maximum atomic E-state index is 13.7. The molecule has 0 amide bonds. The van der Waals surface area contributed by atoms with Crippen molar-refractivity contribution >= 4 is 22.7 Å². The molecule has 10 nitrogen and oxygen atoms in total. The van der Waals surface area contributed by atoms with Gasteiger partial charge in [0.05, 0.1) is 44.5 Å². The van der Waals surface area contributed by atoms with E-state index < -0.39 is 12.2 Å². The third-order valence-electron chi connectivity index (χ3n) is 6.08. The number of ether oxygens (including phenoxy) is 3. The van der Waals surface area contributed by atoms with Gasteiger partial charge < -0.3 is 29.6 Å². The molecule has 3 aromatic heterocycles. The lowest BCUT2D eigenvalue weighted by Gasteiger charge is -2.37. The zero-order valence-electron chi connectivity index (χ0n) is 19.4. The fourth-order valence-electron chi connectivity index (χ4n) is 3.99. The van der Waals surface area contributed by atoms with Crippen LogP contribution in [0, 0.1) is 5.95 Å². The fourth-order valence-corrected chi connectivity index (χ4v) is 3.99.